The molecule has 0 radical (unpaired) electrons. The lowest BCUT2D eigenvalue weighted by atomic mass is 10.2. The lowest BCUT2D eigenvalue weighted by Crippen LogP contribution is -2.50. The Morgan fingerprint density at radius 2 is 2.00 bits per heavy atom. The molecule has 2 rings (SSSR count). The van der Waals surface area contributed by atoms with Crippen LogP contribution in [0.3, 0.4) is 0 Å². The Bertz CT molecular complexity index is 432. The monoisotopic (exact) mass is 292 g/mol. The summed E-state index contributed by atoms with van der Waals surface area (Å²) < 4.78 is 0. The van der Waals surface area contributed by atoms with Gasteiger partial charge in [-0.15, -0.1) is 0 Å². The van der Waals surface area contributed by atoms with Crippen molar-refractivity contribution in [3.05, 3.63) is 18.5 Å². The minimum Gasteiger partial charge on any atom is -0.353 e. The number of amides is 1. The number of nitrogens with one attached hydrogen (secondary N) is 1. The van der Waals surface area contributed by atoms with E-state index in [1.54, 1.807) is 12.4 Å². The number of hydrogen-bond acceptors (Lipinski definition) is 6. The van der Waals surface area contributed by atoms with Gasteiger partial charge in [-0.3, -0.25) is 9.69 Å². The Morgan fingerprint density at radius 3 is 2.62 bits per heavy atom. The largest absolute Gasteiger partial charge is 0.353 e. The van der Waals surface area contributed by atoms with Crippen LogP contribution in [-0.2, 0) is 4.79 Å². The van der Waals surface area contributed by atoms with Crippen LogP contribution in [0.1, 0.15) is 13.3 Å². The van der Waals surface area contributed by atoms with Gasteiger partial charge in [0.1, 0.15) is 0 Å². The molecule has 1 amide bonds. The predicted octanol–water partition coefficient (Wildman–Crippen LogP) is -0.548. The van der Waals surface area contributed by atoms with Crippen molar-refractivity contribution in [3.63, 3.8) is 0 Å². The first kappa shape index (κ1) is 15.7. The molecule has 1 atom stereocenters. The second-order valence-electron chi connectivity index (χ2n) is 5.18. The van der Waals surface area contributed by atoms with E-state index in [9.17, 15) is 4.79 Å². The van der Waals surface area contributed by atoms with Gasteiger partial charge in [0.15, 0.2) is 0 Å². The number of nitrogens with zero attached hydrogens (tertiary/aromatic N) is 4. The predicted molar refractivity (Wildman–Crippen MR) is 82.0 cm³/mol. The number of carbonyl (C=O) groups excluding carboxylic acids is 1. The van der Waals surface area contributed by atoms with Crippen molar-refractivity contribution in [2.45, 2.75) is 19.4 Å². The van der Waals surface area contributed by atoms with Gasteiger partial charge in [0.05, 0.1) is 6.04 Å². The second-order valence-corrected chi connectivity index (χ2v) is 5.18. The molecule has 1 aliphatic heterocycles. The fourth-order valence-electron chi connectivity index (χ4n) is 2.28. The van der Waals surface area contributed by atoms with E-state index >= 15 is 0 Å². The third-order valence-electron chi connectivity index (χ3n) is 3.71. The van der Waals surface area contributed by atoms with Crippen molar-refractivity contribution in [2.75, 3.05) is 44.2 Å². The first-order chi connectivity index (χ1) is 10.2. The zero-order valence-corrected chi connectivity index (χ0v) is 12.5. The maximum absolute atomic E-state index is 11.6. The van der Waals surface area contributed by atoms with E-state index in [2.05, 4.69) is 25.1 Å². The molecule has 7 nitrogen and oxygen atoms in total. The molecule has 0 bridgehead atoms. The molecule has 116 valence electrons. The van der Waals surface area contributed by atoms with Crippen LogP contribution in [0.25, 0.3) is 0 Å². The molecule has 0 aromatic carbocycles. The van der Waals surface area contributed by atoms with Gasteiger partial charge in [0.25, 0.3) is 0 Å². The van der Waals surface area contributed by atoms with Gasteiger partial charge in [-0.1, -0.05) is 6.92 Å². The summed E-state index contributed by atoms with van der Waals surface area (Å²) in [6.45, 7) is 7.13. The van der Waals surface area contributed by atoms with Crippen LogP contribution >= 0.6 is 0 Å². The maximum Gasteiger partial charge on any atom is 0.236 e. The zero-order chi connectivity index (χ0) is 15.1. The lowest BCUT2D eigenvalue weighted by molar-refractivity contribution is -0.122. The summed E-state index contributed by atoms with van der Waals surface area (Å²) in [5.74, 6) is 0.730. The molecular weight excluding hydrogens is 268 g/mol. The number of carbonyl (C=O) groups is 1. The van der Waals surface area contributed by atoms with E-state index in [1.165, 1.54) is 0 Å². The van der Waals surface area contributed by atoms with Crippen LogP contribution in [0.15, 0.2) is 18.5 Å². The first-order valence-electron chi connectivity index (χ1n) is 7.48. The van der Waals surface area contributed by atoms with Gasteiger partial charge in [-0.25, -0.2) is 9.97 Å². The molecule has 7 heteroatoms. The first-order valence-corrected chi connectivity index (χ1v) is 7.48. The average molecular weight is 292 g/mol. The Morgan fingerprint density at radius 1 is 1.33 bits per heavy atom. The van der Waals surface area contributed by atoms with E-state index in [0.717, 1.165) is 38.7 Å². The molecule has 21 heavy (non-hydrogen) atoms. The molecule has 0 unspecified atom stereocenters. The number of anilines is 1. The smallest absolute Gasteiger partial charge is 0.236 e. The highest BCUT2D eigenvalue weighted by molar-refractivity contribution is 5.81. The Labute approximate surface area is 125 Å². The Balaban J connectivity index is 1.67. The van der Waals surface area contributed by atoms with E-state index in [-0.39, 0.29) is 5.91 Å². The fourth-order valence-corrected chi connectivity index (χ4v) is 2.28. The number of piperazine rings is 1. The number of aromatic nitrogens is 2. The van der Waals surface area contributed by atoms with Gasteiger partial charge >= 0.3 is 0 Å². The standard InChI is InChI=1S/C14H24N6O/c1-2-12(15)13(21)16-6-7-19-8-10-20(11-9-19)14-17-4-3-5-18-14/h3-5,12H,2,6-11,15H2,1H3,(H,16,21)/t12-/m0/s1. The Kier molecular flexibility index (Phi) is 5.89. The van der Waals surface area contributed by atoms with Crippen LogP contribution in [0.4, 0.5) is 5.95 Å². The highest BCUT2D eigenvalue weighted by Crippen LogP contribution is 2.08. The molecule has 1 aliphatic rings. The summed E-state index contributed by atoms with van der Waals surface area (Å²) in [5, 5.41) is 2.88. The third kappa shape index (κ3) is 4.64. The number of hydrogen-bond donors (Lipinski definition) is 2. The molecule has 1 saturated heterocycles. The minimum atomic E-state index is -0.392. The molecule has 3 N–H and O–H groups in total. The topological polar surface area (TPSA) is 87.4 Å². The molecule has 1 fully saturated rings. The number of nitrogens with two attached hydrogens (primary N) is 1. The third-order valence-corrected chi connectivity index (χ3v) is 3.71. The SMILES string of the molecule is CC[C@H](N)C(=O)NCCN1CCN(c2ncccn2)CC1. The van der Waals surface area contributed by atoms with Gasteiger partial charge in [0.2, 0.25) is 11.9 Å². The van der Waals surface area contributed by atoms with E-state index in [1.807, 2.05) is 13.0 Å². The average Bonchev–Trinajstić information content (AvgIpc) is 2.55. The molecule has 1 aromatic rings. The van der Waals surface area contributed by atoms with Crippen LogP contribution in [0.5, 0.6) is 0 Å². The fraction of sp³-hybridized carbons (Fsp3) is 0.643. The summed E-state index contributed by atoms with van der Waals surface area (Å²) in [7, 11) is 0. The van der Waals surface area contributed by atoms with Crippen LogP contribution < -0.4 is 16.0 Å². The molecule has 0 saturated carbocycles. The molecule has 2 heterocycles. The van der Waals surface area contributed by atoms with Crippen molar-refractivity contribution < 1.29 is 4.79 Å². The van der Waals surface area contributed by atoms with Gasteiger partial charge in [-0.2, -0.15) is 0 Å². The highest BCUT2D eigenvalue weighted by Gasteiger charge is 2.18. The van der Waals surface area contributed by atoms with Crippen molar-refractivity contribution in [3.8, 4) is 0 Å². The second kappa shape index (κ2) is 7.90. The molecular formula is C14H24N6O. The summed E-state index contributed by atoms with van der Waals surface area (Å²) in [6, 6.07) is 1.43. The summed E-state index contributed by atoms with van der Waals surface area (Å²) in [5.41, 5.74) is 5.67. The minimum absolute atomic E-state index is 0.0613. The van der Waals surface area contributed by atoms with Crippen LogP contribution in [-0.4, -0.2) is 66.1 Å². The normalized spacial score (nSPS) is 17.5. The van der Waals surface area contributed by atoms with Gasteiger partial charge < -0.3 is 16.0 Å². The van der Waals surface area contributed by atoms with Crippen molar-refractivity contribution in [1.82, 2.24) is 20.2 Å². The van der Waals surface area contributed by atoms with Crippen molar-refractivity contribution in [1.29, 1.82) is 0 Å². The van der Waals surface area contributed by atoms with Crippen LogP contribution in [0.2, 0.25) is 0 Å². The molecule has 1 aromatic heterocycles. The zero-order valence-electron chi connectivity index (χ0n) is 12.5. The summed E-state index contributed by atoms with van der Waals surface area (Å²) in [4.78, 5) is 24.6. The quantitative estimate of drug-likeness (QED) is 0.732. The maximum atomic E-state index is 11.6. The molecule has 0 spiro atoms. The van der Waals surface area contributed by atoms with E-state index < -0.39 is 6.04 Å². The lowest BCUT2D eigenvalue weighted by Gasteiger charge is -2.34. The summed E-state index contributed by atoms with van der Waals surface area (Å²) in [6.07, 6.45) is 4.20. The van der Waals surface area contributed by atoms with E-state index in [4.69, 9.17) is 5.73 Å². The molecule has 0 aliphatic carbocycles. The Hall–Kier alpha value is -1.73. The number of rotatable bonds is 6. The van der Waals surface area contributed by atoms with Crippen molar-refractivity contribution in [2.24, 2.45) is 5.73 Å². The van der Waals surface area contributed by atoms with Gasteiger partial charge in [0, 0.05) is 51.7 Å². The van der Waals surface area contributed by atoms with Gasteiger partial charge in [-0.05, 0) is 12.5 Å². The summed E-state index contributed by atoms with van der Waals surface area (Å²) >= 11 is 0. The van der Waals surface area contributed by atoms with Crippen LogP contribution in [0, 0.1) is 0 Å². The van der Waals surface area contributed by atoms with Crippen molar-refractivity contribution >= 4 is 11.9 Å². The van der Waals surface area contributed by atoms with E-state index in [0.29, 0.717) is 13.0 Å². The highest BCUT2D eigenvalue weighted by atomic mass is 16.2.